The maximum absolute atomic E-state index is 11.3. The first kappa shape index (κ1) is 8.97. The third kappa shape index (κ3) is 1.56. The highest BCUT2D eigenvalue weighted by Crippen LogP contribution is 2.21. The van der Waals surface area contributed by atoms with Crippen LogP contribution in [0.2, 0.25) is 0 Å². The summed E-state index contributed by atoms with van der Waals surface area (Å²) >= 11 is 0. The zero-order valence-corrected chi connectivity index (χ0v) is 7.79. The molecule has 1 heterocycles. The van der Waals surface area contributed by atoms with Gasteiger partial charge in [-0.1, -0.05) is 0 Å². The van der Waals surface area contributed by atoms with Crippen molar-refractivity contribution in [2.75, 3.05) is 0 Å². The first-order valence-corrected chi connectivity index (χ1v) is 4.93. The fourth-order valence-electron chi connectivity index (χ4n) is 2.24. The van der Waals surface area contributed by atoms with Gasteiger partial charge in [0.25, 0.3) is 0 Å². The Hall–Kier alpha value is -0.610. The molecule has 0 aromatic heterocycles. The second kappa shape index (κ2) is 3.27. The van der Waals surface area contributed by atoms with E-state index in [4.69, 9.17) is 0 Å². The summed E-state index contributed by atoms with van der Waals surface area (Å²) in [7, 11) is 0. The molecule has 2 aliphatic rings. The van der Waals surface area contributed by atoms with Gasteiger partial charge in [0.05, 0.1) is 18.2 Å². The number of hydrogen-bond donors (Lipinski definition) is 3. The summed E-state index contributed by atoms with van der Waals surface area (Å²) in [4.78, 5) is 11.3. The van der Waals surface area contributed by atoms with Crippen molar-refractivity contribution in [1.82, 2.24) is 10.6 Å². The van der Waals surface area contributed by atoms with Crippen LogP contribution < -0.4 is 10.6 Å². The Morgan fingerprint density at radius 1 is 1.46 bits per heavy atom. The molecular weight excluding hydrogens is 168 g/mol. The predicted molar refractivity (Wildman–Crippen MR) is 48.2 cm³/mol. The van der Waals surface area contributed by atoms with Crippen molar-refractivity contribution in [1.29, 1.82) is 0 Å². The lowest BCUT2D eigenvalue weighted by molar-refractivity contribution is -0.127. The molecule has 0 radical (unpaired) electrons. The second-order valence-electron chi connectivity index (χ2n) is 4.03. The molecule has 2 rings (SSSR count). The Morgan fingerprint density at radius 2 is 2.23 bits per heavy atom. The van der Waals surface area contributed by atoms with Crippen LogP contribution >= 0.6 is 0 Å². The van der Waals surface area contributed by atoms with E-state index < -0.39 is 0 Å². The lowest BCUT2D eigenvalue weighted by Gasteiger charge is -2.42. The highest BCUT2D eigenvalue weighted by atomic mass is 16.3. The molecule has 4 heteroatoms. The van der Waals surface area contributed by atoms with E-state index in [0.29, 0.717) is 0 Å². The van der Waals surface area contributed by atoms with Gasteiger partial charge in [-0.25, -0.2) is 0 Å². The second-order valence-corrected chi connectivity index (χ2v) is 4.03. The van der Waals surface area contributed by atoms with Gasteiger partial charge in [-0.15, -0.1) is 0 Å². The Balaban J connectivity index is 2.08. The SMILES string of the molecule is CC1NC2C(O)CCCC2NC1=O. The molecule has 4 unspecified atom stereocenters. The van der Waals surface area contributed by atoms with E-state index in [-0.39, 0.29) is 30.1 Å². The highest BCUT2D eigenvalue weighted by Gasteiger charge is 2.38. The number of aliphatic hydroxyl groups is 1. The summed E-state index contributed by atoms with van der Waals surface area (Å²) in [6.45, 7) is 1.83. The third-order valence-corrected chi connectivity index (χ3v) is 3.03. The topological polar surface area (TPSA) is 61.4 Å². The molecule has 3 N–H and O–H groups in total. The van der Waals surface area contributed by atoms with Crippen molar-refractivity contribution >= 4 is 5.91 Å². The number of piperazine rings is 1. The van der Waals surface area contributed by atoms with Gasteiger partial charge in [-0.3, -0.25) is 10.1 Å². The van der Waals surface area contributed by atoms with Crippen LogP contribution in [0.1, 0.15) is 26.2 Å². The number of amides is 1. The van der Waals surface area contributed by atoms with Crippen molar-refractivity contribution in [3.63, 3.8) is 0 Å². The van der Waals surface area contributed by atoms with Crippen LogP contribution in [0.5, 0.6) is 0 Å². The molecule has 74 valence electrons. The number of aliphatic hydroxyl groups excluding tert-OH is 1. The standard InChI is InChI=1S/C9H16N2O2/c1-5-9(13)11-6-3-2-4-7(12)8(6)10-5/h5-8,10,12H,2-4H2,1H3,(H,11,13). The number of rotatable bonds is 0. The molecular formula is C9H16N2O2. The van der Waals surface area contributed by atoms with Crippen LogP contribution in [0.3, 0.4) is 0 Å². The van der Waals surface area contributed by atoms with Crippen LogP contribution in [0.25, 0.3) is 0 Å². The quantitative estimate of drug-likeness (QED) is 0.470. The molecule has 0 aromatic rings. The smallest absolute Gasteiger partial charge is 0.237 e. The molecule has 0 spiro atoms. The molecule has 4 atom stereocenters. The minimum absolute atomic E-state index is 0.0513. The predicted octanol–water partition coefficient (Wildman–Crippen LogP) is -0.624. The summed E-state index contributed by atoms with van der Waals surface area (Å²) in [5.41, 5.74) is 0. The van der Waals surface area contributed by atoms with Crippen LogP contribution in [-0.2, 0) is 4.79 Å². The van der Waals surface area contributed by atoms with Gasteiger partial charge in [-0.05, 0) is 26.2 Å². The van der Waals surface area contributed by atoms with E-state index in [1.165, 1.54) is 0 Å². The maximum Gasteiger partial charge on any atom is 0.237 e. The molecule has 1 amide bonds. The van der Waals surface area contributed by atoms with Crippen LogP contribution in [0, 0.1) is 0 Å². The molecule has 2 fully saturated rings. The molecule has 1 aliphatic carbocycles. The van der Waals surface area contributed by atoms with E-state index in [1.807, 2.05) is 6.92 Å². The summed E-state index contributed by atoms with van der Waals surface area (Å²) < 4.78 is 0. The molecule has 1 saturated heterocycles. The summed E-state index contributed by atoms with van der Waals surface area (Å²) in [6.07, 6.45) is 2.52. The summed E-state index contributed by atoms with van der Waals surface area (Å²) in [5, 5.41) is 15.8. The minimum Gasteiger partial charge on any atom is -0.391 e. The summed E-state index contributed by atoms with van der Waals surface area (Å²) in [5.74, 6) is 0.0513. The Labute approximate surface area is 77.7 Å². The minimum atomic E-state index is -0.304. The first-order chi connectivity index (χ1) is 6.18. The lowest BCUT2D eigenvalue weighted by Crippen LogP contribution is -2.67. The van der Waals surface area contributed by atoms with Gasteiger partial charge in [0.2, 0.25) is 5.91 Å². The van der Waals surface area contributed by atoms with Crippen molar-refractivity contribution in [2.45, 2.75) is 50.4 Å². The zero-order valence-electron chi connectivity index (χ0n) is 7.79. The molecule has 0 bridgehead atoms. The Morgan fingerprint density at radius 3 is 3.00 bits per heavy atom. The zero-order chi connectivity index (χ0) is 9.42. The van der Waals surface area contributed by atoms with Crippen molar-refractivity contribution < 1.29 is 9.90 Å². The van der Waals surface area contributed by atoms with Crippen molar-refractivity contribution in [3.8, 4) is 0 Å². The highest BCUT2D eigenvalue weighted by molar-refractivity contribution is 5.82. The van der Waals surface area contributed by atoms with E-state index >= 15 is 0 Å². The van der Waals surface area contributed by atoms with Crippen molar-refractivity contribution in [3.05, 3.63) is 0 Å². The van der Waals surface area contributed by atoms with Crippen LogP contribution in [0.15, 0.2) is 0 Å². The number of carbonyl (C=O) groups excluding carboxylic acids is 1. The Bertz CT molecular complexity index is 220. The maximum atomic E-state index is 11.3. The van der Waals surface area contributed by atoms with Crippen LogP contribution in [-0.4, -0.2) is 35.2 Å². The van der Waals surface area contributed by atoms with E-state index in [9.17, 15) is 9.90 Å². The van der Waals surface area contributed by atoms with Crippen molar-refractivity contribution in [2.24, 2.45) is 0 Å². The molecule has 0 aromatic carbocycles. The van der Waals surface area contributed by atoms with Crippen LogP contribution in [0.4, 0.5) is 0 Å². The van der Waals surface area contributed by atoms with E-state index in [1.54, 1.807) is 0 Å². The number of nitrogens with one attached hydrogen (secondary N) is 2. The van der Waals surface area contributed by atoms with E-state index in [2.05, 4.69) is 10.6 Å². The average molecular weight is 184 g/mol. The normalized spacial score (nSPS) is 45.2. The lowest BCUT2D eigenvalue weighted by atomic mass is 9.85. The number of carbonyl (C=O) groups is 1. The molecule has 1 saturated carbocycles. The van der Waals surface area contributed by atoms with Gasteiger partial charge in [0, 0.05) is 6.04 Å². The molecule has 13 heavy (non-hydrogen) atoms. The summed E-state index contributed by atoms with van der Waals surface area (Å²) in [6, 6.07) is 0.0166. The number of hydrogen-bond acceptors (Lipinski definition) is 3. The fourth-order valence-corrected chi connectivity index (χ4v) is 2.24. The monoisotopic (exact) mass is 184 g/mol. The fraction of sp³-hybridized carbons (Fsp3) is 0.889. The third-order valence-electron chi connectivity index (χ3n) is 3.03. The number of fused-ring (bicyclic) bond motifs is 1. The Kier molecular flexibility index (Phi) is 2.26. The van der Waals surface area contributed by atoms with E-state index in [0.717, 1.165) is 19.3 Å². The van der Waals surface area contributed by atoms with Gasteiger partial charge >= 0.3 is 0 Å². The molecule has 4 nitrogen and oxygen atoms in total. The largest absolute Gasteiger partial charge is 0.391 e. The van der Waals surface area contributed by atoms with Gasteiger partial charge in [0.1, 0.15) is 0 Å². The van der Waals surface area contributed by atoms with Gasteiger partial charge in [0.15, 0.2) is 0 Å². The van der Waals surface area contributed by atoms with Gasteiger partial charge in [-0.2, -0.15) is 0 Å². The first-order valence-electron chi connectivity index (χ1n) is 4.93. The average Bonchev–Trinajstić information content (AvgIpc) is 2.09. The molecule has 1 aliphatic heterocycles. The van der Waals surface area contributed by atoms with Gasteiger partial charge < -0.3 is 10.4 Å².